The van der Waals surface area contributed by atoms with Gasteiger partial charge in [0.05, 0.1) is 16.1 Å². The molecular weight excluding hydrogens is 350 g/mol. The minimum Gasteiger partial charge on any atom is -0.444 e. The second kappa shape index (κ2) is 6.68. The van der Waals surface area contributed by atoms with Crippen molar-refractivity contribution in [1.29, 1.82) is 0 Å². The number of anilines is 2. The monoisotopic (exact) mass is 371 g/mol. The van der Waals surface area contributed by atoms with Crippen LogP contribution in [0.25, 0.3) is 0 Å². The highest BCUT2D eigenvalue weighted by molar-refractivity contribution is 9.10. The number of carbonyl (C=O) groups is 1. The van der Waals surface area contributed by atoms with Crippen LogP contribution in [0.5, 0.6) is 0 Å². The van der Waals surface area contributed by atoms with Crippen LogP contribution in [0.15, 0.2) is 12.3 Å². The molecule has 0 spiro atoms. The van der Waals surface area contributed by atoms with E-state index in [0.29, 0.717) is 32.1 Å². The van der Waals surface area contributed by atoms with Crippen LogP contribution in [0.3, 0.4) is 0 Å². The quantitative estimate of drug-likeness (QED) is 0.743. The van der Waals surface area contributed by atoms with E-state index >= 15 is 0 Å². The van der Waals surface area contributed by atoms with Gasteiger partial charge in [0.15, 0.2) is 0 Å². The van der Waals surface area contributed by atoms with Gasteiger partial charge in [-0.2, -0.15) is 4.98 Å². The maximum absolute atomic E-state index is 12.0. The smallest absolute Gasteiger partial charge is 0.410 e. The summed E-state index contributed by atoms with van der Waals surface area (Å²) in [4.78, 5) is 24.6. The molecule has 1 aliphatic rings. The number of carbonyl (C=O) groups excluding carboxylic acids is 1. The Balaban J connectivity index is 1.95. The summed E-state index contributed by atoms with van der Waals surface area (Å²) in [5, 5.41) is 0. The molecule has 1 aliphatic heterocycles. The van der Waals surface area contributed by atoms with Crippen LogP contribution in [0.1, 0.15) is 20.8 Å². The van der Waals surface area contributed by atoms with Gasteiger partial charge in [0.1, 0.15) is 11.4 Å². The molecule has 122 valence electrons. The Labute approximate surface area is 139 Å². The minimum absolute atomic E-state index is 0.262. The van der Waals surface area contributed by atoms with E-state index in [1.807, 2.05) is 33.9 Å². The molecule has 0 bridgehead atoms. The molecule has 2 heterocycles. The van der Waals surface area contributed by atoms with Crippen molar-refractivity contribution in [2.75, 3.05) is 42.1 Å². The van der Waals surface area contributed by atoms with Gasteiger partial charge in [-0.25, -0.2) is 9.78 Å². The van der Waals surface area contributed by atoms with Crippen LogP contribution in [-0.4, -0.2) is 59.8 Å². The lowest BCUT2D eigenvalue weighted by Gasteiger charge is -2.35. The lowest BCUT2D eigenvalue weighted by molar-refractivity contribution is 0.0240. The number of ether oxygens (including phenoxy) is 1. The number of halogens is 1. The van der Waals surface area contributed by atoms with Crippen molar-refractivity contribution in [3.63, 3.8) is 0 Å². The maximum atomic E-state index is 12.0. The van der Waals surface area contributed by atoms with Crippen LogP contribution in [0.2, 0.25) is 0 Å². The molecule has 1 fully saturated rings. The second-order valence-corrected chi connectivity index (χ2v) is 7.21. The van der Waals surface area contributed by atoms with Gasteiger partial charge in [-0.3, -0.25) is 3.93 Å². The summed E-state index contributed by atoms with van der Waals surface area (Å²) in [7, 11) is 1.87. The highest BCUT2D eigenvalue weighted by Crippen LogP contribution is 2.18. The zero-order valence-electron chi connectivity index (χ0n) is 13.4. The first-order valence-electron chi connectivity index (χ1n) is 7.22. The lowest BCUT2D eigenvalue weighted by atomic mass is 10.2. The number of hydrogen-bond acceptors (Lipinski definition) is 6. The molecule has 1 aromatic heterocycles. The summed E-state index contributed by atoms with van der Waals surface area (Å²) in [6.45, 7) is 8.20. The van der Waals surface area contributed by atoms with Crippen LogP contribution >= 0.6 is 16.1 Å². The SMILES string of the molecule is CN(Br)c1ccnc(N2CCN(C(=O)OC(C)(C)C)CC2)n1. The molecule has 0 saturated carbocycles. The fraction of sp³-hybridized carbons (Fsp3) is 0.643. The number of piperazine rings is 1. The van der Waals surface area contributed by atoms with Gasteiger partial charge in [0.25, 0.3) is 0 Å². The number of aromatic nitrogens is 2. The molecular formula is C14H22BrN5O2. The molecule has 0 unspecified atom stereocenters. The van der Waals surface area contributed by atoms with Crippen molar-refractivity contribution >= 4 is 34.0 Å². The van der Waals surface area contributed by atoms with Gasteiger partial charge in [0, 0.05) is 45.5 Å². The molecule has 22 heavy (non-hydrogen) atoms. The average Bonchev–Trinajstić information content (AvgIpc) is 2.46. The first-order chi connectivity index (χ1) is 10.3. The predicted molar refractivity (Wildman–Crippen MR) is 89.4 cm³/mol. The standard InChI is InChI=1S/C14H22BrN5O2/c1-14(2,3)22-13(21)20-9-7-19(8-10-20)12-16-6-5-11(17-12)18(4)15/h5-6H,7-10H2,1-4H3. The molecule has 2 rings (SSSR count). The summed E-state index contributed by atoms with van der Waals surface area (Å²) in [5.41, 5.74) is -0.466. The Bertz CT molecular complexity index is 524. The van der Waals surface area contributed by atoms with E-state index in [0.717, 1.165) is 5.82 Å². The molecule has 7 nitrogen and oxygen atoms in total. The Morgan fingerprint density at radius 2 is 1.95 bits per heavy atom. The molecule has 0 aromatic carbocycles. The van der Waals surface area contributed by atoms with Crippen molar-refractivity contribution in [1.82, 2.24) is 14.9 Å². The Kier molecular flexibility index (Phi) is 5.10. The minimum atomic E-state index is -0.466. The third-order valence-corrected chi connectivity index (χ3v) is 3.52. The van der Waals surface area contributed by atoms with Crippen molar-refractivity contribution in [2.24, 2.45) is 0 Å². The predicted octanol–water partition coefficient (Wildman–Crippen LogP) is 2.28. The molecule has 0 atom stereocenters. The Hall–Kier alpha value is -1.57. The first kappa shape index (κ1) is 16.8. The third-order valence-electron chi connectivity index (χ3n) is 3.16. The number of rotatable bonds is 2. The van der Waals surface area contributed by atoms with Crippen molar-refractivity contribution < 1.29 is 9.53 Å². The summed E-state index contributed by atoms with van der Waals surface area (Å²) < 4.78 is 7.15. The van der Waals surface area contributed by atoms with Crippen LogP contribution < -0.4 is 8.83 Å². The average molecular weight is 372 g/mol. The zero-order chi connectivity index (χ0) is 16.3. The normalized spacial score (nSPS) is 15.7. The molecule has 0 radical (unpaired) electrons. The van der Waals surface area contributed by atoms with Gasteiger partial charge in [-0.05, 0) is 20.8 Å². The molecule has 1 saturated heterocycles. The van der Waals surface area contributed by atoms with E-state index < -0.39 is 5.60 Å². The van der Waals surface area contributed by atoms with E-state index in [2.05, 4.69) is 31.0 Å². The van der Waals surface area contributed by atoms with E-state index in [-0.39, 0.29) is 6.09 Å². The first-order valence-corrected chi connectivity index (χ1v) is 7.92. The van der Waals surface area contributed by atoms with Gasteiger partial charge in [-0.15, -0.1) is 0 Å². The Morgan fingerprint density at radius 3 is 2.50 bits per heavy atom. The molecule has 0 aliphatic carbocycles. The second-order valence-electron chi connectivity index (χ2n) is 6.15. The van der Waals surface area contributed by atoms with Crippen molar-refractivity contribution in [3.05, 3.63) is 12.3 Å². The van der Waals surface area contributed by atoms with Crippen molar-refractivity contribution in [3.8, 4) is 0 Å². The number of nitrogens with zero attached hydrogens (tertiary/aromatic N) is 5. The lowest BCUT2D eigenvalue weighted by Crippen LogP contribution is -2.50. The number of hydrogen-bond donors (Lipinski definition) is 0. The van der Waals surface area contributed by atoms with Crippen LogP contribution in [0.4, 0.5) is 16.6 Å². The van der Waals surface area contributed by atoms with E-state index in [9.17, 15) is 4.79 Å². The van der Waals surface area contributed by atoms with E-state index in [1.54, 1.807) is 15.0 Å². The van der Waals surface area contributed by atoms with Gasteiger partial charge in [0.2, 0.25) is 5.95 Å². The van der Waals surface area contributed by atoms with E-state index in [1.165, 1.54) is 0 Å². The van der Waals surface area contributed by atoms with Gasteiger partial charge < -0.3 is 14.5 Å². The maximum Gasteiger partial charge on any atom is 0.410 e. The molecule has 8 heteroatoms. The number of amides is 1. The van der Waals surface area contributed by atoms with Crippen molar-refractivity contribution in [2.45, 2.75) is 26.4 Å². The summed E-state index contributed by atoms with van der Waals surface area (Å²) in [6.07, 6.45) is 1.47. The van der Waals surface area contributed by atoms with Gasteiger partial charge >= 0.3 is 6.09 Å². The fourth-order valence-electron chi connectivity index (χ4n) is 2.08. The van der Waals surface area contributed by atoms with E-state index in [4.69, 9.17) is 4.74 Å². The molecule has 1 amide bonds. The largest absolute Gasteiger partial charge is 0.444 e. The Morgan fingerprint density at radius 1 is 1.32 bits per heavy atom. The summed E-state index contributed by atoms with van der Waals surface area (Å²) in [5.74, 6) is 1.47. The fourth-order valence-corrected chi connectivity index (χ4v) is 2.28. The summed E-state index contributed by atoms with van der Waals surface area (Å²) in [6, 6.07) is 1.83. The zero-order valence-corrected chi connectivity index (χ0v) is 15.0. The molecule has 1 aromatic rings. The van der Waals surface area contributed by atoms with Gasteiger partial charge in [-0.1, -0.05) is 0 Å². The summed E-state index contributed by atoms with van der Waals surface area (Å²) >= 11 is 3.35. The highest BCUT2D eigenvalue weighted by atomic mass is 79.9. The topological polar surface area (TPSA) is 61.8 Å². The molecule has 0 N–H and O–H groups in total. The van der Waals surface area contributed by atoms with Crippen LogP contribution in [0, 0.1) is 0 Å². The third kappa shape index (κ3) is 4.46. The highest BCUT2D eigenvalue weighted by Gasteiger charge is 2.26. The van der Waals surface area contributed by atoms with Crippen LogP contribution in [-0.2, 0) is 4.74 Å².